The highest BCUT2D eigenvalue weighted by Crippen LogP contribution is 2.57. The van der Waals surface area contributed by atoms with Gasteiger partial charge in [-0.25, -0.2) is 8.42 Å². The van der Waals surface area contributed by atoms with E-state index in [2.05, 4.69) is 14.8 Å². The summed E-state index contributed by atoms with van der Waals surface area (Å²) in [4.78, 5) is 0.469. The molecule has 3 fully saturated rings. The molecule has 0 radical (unpaired) electrons. The number of benzene rings is 1. The lowest BCUT2D eigenvalue weighted by molar-refractivity contribution is 0.125. The molecule has 1 unspecified atom stereocenters. The zero-order valence-electron chi connectivity index (χ0n) is 16.8. The van der Waals surface area contributed by atoms with Gasteiger partial charge < -0.3 is 4.57 Å². The van der Waals surface area contributed by atoms with Gasteiger partial charge in [-0.2, -0.15) is 4.31 Å². The van der Waals surface area contributed by atoms with E-state index >= 15 is 0 Å². The Balaban J connectivity index is 1.34. The maximum atomic E-state index is 13.6. The van der Waals surface area contributed by atoms with Crippen LogP contribution in [0.15, 0.2) is 29.4 Å². The third-order valence-electron chi connectivity index (χ3n) is 7.78. The molecule has 2 heterocycles. The van der Waals surface area contributed by atoms with Crippen LogP contribution >= 0.6 is 0 Å². The number of fused-ring (bicyclic) bond motifs is 1. The molecule has 2 aromatic rings. The zero-order chi connectivity index (χ0) is 19.6. The van der Waals surface area contributed by atoms with Gasteiger partial charge in [-0.1, -0.05) is 12.5 Å². The third kappa shape index (κ3) is 2.81. The molecule has 2 saturated carbocycles. The van der Waals surface area contributed by atoms with Crippen LogP contribution in [0.1, 0.15) is 73.9 Å². The average molecular weight is 413 g/mol. The van der Waals surface area contributed by atoms with Crippen molar-refractivity contribution in [2.45, 2.75) is 74.6 Å². The first-order valence-electron chi connectivity index (χ1n) is 11.1. The number of aromatic nitrogens is 3. The largest absolute Gasteiger partial charge is 0.314 e. The van der Waals surface area contributed by atoms with E-state index in [0.717, 1.165) is 37.9 Å². The minimum absolute atomic E-state index is 0.0426. The van der Waals surface area contributed by atoms with Crippen LogP contribution in [-0.4, -0.2) is 40.6 Å². The molecule has 1 aromatic heterocycles. The van der Waals surface area contributed by atoms with Crippen LogP contribution in [0.25, 0.3) is 0 Å². The molecule has 1 aromatic carbocycles. The highest BCUT2D eigenvalue weighted by Gasteiger charge is 2.55. The average Bonchev–Trinajstić information content (AvgIpc) is 3.27. The maximum Gasteiger partial charge on any atom is 0.243 e. The standard InChI is InChI=1S/C22H28N4O2S/c27-29(28,19-9-6-16-4-1-2-5-17(16)12-19)25-13-20(22(14-25)10-3-11-22)21-24-23-15-26(21)18-7-8-18/h6,9,12,15,18,20H,1-5,7-8,10-11,13-14H2. The van der Waals surface area contributed by atoms with Crippen molar-refractivity contribution < 1.29 is 8.42 Å². The number of sulfonamides is 1. The molecule has 29 heavy (non-hydrogen) atoms. The summed E-state index contributed by atoms with van der Waals surface area (Å²) in [7, 11) is -3.48. The predicted octanol–water partition coefficient (Wildman–Crippen LogP) is 3.45. The Morgan fingerprint density at radius 3 is 2.55 bits per heavy atom. The molecule has 1 aliphatic heterocycles. The molecular formula is C22H28N4O2S. The lowest BCUT2D eigenvalue weighted by Crippen LogP contribution is -2.38. The van der Waals surface area contributed by atoms with Gasteiger partial charge in [0.2, 0.25) is 10.0 Å². The smallest absolute Gasteiger partial charge is 0.243 e. The summed E-state index contributed by atoms with van der Waals surface area (Å²) in [5.41, 5.74) is 2.59. The lowest BCUT2D eigenvalue weighted by atomic mass is 9.62. The SMILES string of the molecule is O=S(=O)(c1ccc2c(c1)CCCC2)N1CC(c2nncn2C2CC2)C2(CCC2)C1. The van der Waals surface area contributed by atoms with Gasteiger partial charge in [0, 0.05) is 25.0 Å². The molecule has 6 rings (SSSR count). The monoisotopic (exact) mass is 412 g/mol. The Labute approximate surface area is 172 Å². The normalized spacial score (nSPS) is 26.4. The van der Waals surface area contributed by atoms with Crippen LogP contribution in [0, 0.1) is 5.41 Å². The first-order chi connectivity index (χ1) is 14.1. The van der Waals surface area contributed by atoms with E-state index in [1.54, 1.807) is 4.31 Å². The fourth-order valence-electron chi connectivity index (χ4n) is 5.75. The second-order valence-electron chi connectivity index (χ2n) is 9.53. The molecule has 154 valence electrons. The second kappa shape index (κ2) is 6.38. The second-order valence-corrected chi connectivity index (χ2v) is 11.5. The number of nitrogens with zero attached hydrogens (tertiary/aromatic N) is 4. The highest BCUT2D eigenvalue weighted by molar-refractivity contribution is 7.89. The topological polar surface area (TPSA) is 68.1 Å². The van der Waals surface area contributed by atoms with E-state index in [4.69, 9.17) is 0 Å². The van der Waals surface area contributed by atoms with E-state index in [1.165, 1.54) is 36.8 Å². The van der Waals surface area contributed by atoms with Crippen LogP contribution in [-0.2, 0) is 22.9 Å². The number of hydrogen-bond acceptors (Lipinski definition) is 4. The van der Waals surface area contributed by atoms with Gasteiger partial charge in [0.25, 0.3) is 0 Å². The Hall–Kier alpha value is -1.73. The van der Waals surface area contributed by atoms with Gasteiger partial charge >= 0.3 is 0 Å². The summed E-state index contributed by atoms with van der Waals surface area (Å²) >= 11 is 0. The molecule has 7 heteroatoms. The quantitative estimate of drug-likeness (QED) is 0.771. The summed E-state index contributed by atoms with van der Waals surface area (Å²) < 4.78 is 31.1. The Kier molecular flexibility index (Phi) is 3.98. The summed E-state index contributed by atoms with van der Waals surface area (Å²) in [6, 6.07) is 6.32. The third-order valence-corrected chi connectivity index (χ3v) is 9.58. The molecule has 4 aliphatic rings. The maximum absolute atomic E-state index is 13.6. The van der Waals surface area contributed by atoms with Gasteiger partial charge in [0.1, 0.15) is 12.2 Å². The van der Waals surface area contributed by atoms with Crippen LogP contribution in [0.2, 0.25) is 0 Å². The van der Waals surface area contributed by atoms with Gasteiger partial charge in [-0.05, 0) is 80.0 Å². The van der Waals surface area contributed by atoms with Crippen LogP contribution < -0.4 is 0 Å². The first kappa shape index (κ1) is 18.1. The van der Waals surface area contributed by atoms with Gasteiger partial charge in [-0.3, -0.25) is 0 Å². The molecule has 1 spiro atoms. The van der Waals surface area contributed by atoms with E-state index in [9.17, 15) is 8.42 Å². The van der Waals surface area contributed by atoms with Gasteiger partial charge in [0.05, 0.1) is 4.90 Å². The molecule has 1 saturated heterocycles. The van der Waals surface area contributed by atoms with Crippen molar-refractivity contribution in [1.82, 2.24) is 19.1 Å². The Bertz CT molecular complexity index is 1050. The van der Waals surface area contributed by atoms with Crippen molar-refractivity contribution in [3.8, 4) is 0 Å². The van der Waals surface area contributed by atoms with Crippen LogP contribution in [0.4, 0.5) is 0 Å². The summed E-state index contributed by atoms with van der Waals surface area (Å²) in [6.07, 6.45) is 12.0. The van der Waals surface area contributed by atoms with Crippen molar-refractivity contribution in [2.75, 3.05) is 13.1 Å². The number of rotatable bonds is 4. The lowest BCUT2D eigenvalue weighted by Gasteiger charge is -2.42. The molecule has 1 atom stereocenters. The summed E-state index contributed by atoms with van der Waals surface area (Å²) in [5.74, 6) is 1.17. The molecule has 0 amide bonds. The van der Waals surface area contributed by atoms with Gasteiger partial charge in [0.15, 0.2) is 0 Å². The molecule has 3 aliphatic carbocycles. The molecule has 0 bridgehead atoms. The van der Waals surface area contributed by atoms with E-state index in [-0.39, 0.29) is 11.3 Å². The van der Waals surface area contributed by atoms with Crippen LogP contribution in [0.3, 0.4) is 0 Å². The Morgan fingerprint density at radius 1 is 1.03 bits per heavy atom. The molecular weight excluding hydrogens is 384 g/mol. The predicted molar refractivity (Wildman–Crippen MR) is 109 cm³/mol. The number of aryl methyl sites for hydroxylation is 2. The van der Waals surface area contributed by atoms with E-state index in [1.807, 2.05) is 24.5 Å². The summed E-state index contributed by atoms with van der Waals surface area (Å²) in [6.45, 7) is 1.15. The fraction of sp³-hybridized carbons (Fsp3) is 0.636. The highest BCUT2D eigenvalue weighted by atomic mass is 32.2. The molecule has 0 N–H and O–H groups in total. The number of hydrogen-bond donors (Lipinski definition) is 0. The van der Waals surface area contributed by atoms with E-state index < -0.39 is 10.0 Å². The van der Waals surface area contributed by atoms with Crippen molar-refractivity contribution in [3.05, 3.63) is 41.5 Å². The minimum atomic E-state index is -3.48. The van der Waals surface area contributed by atoms with Crippen molar-refractivity contribution in [2.24, 2.45) is 5.41 Å². The fourth-order valence-corrected chi connectivity index (χ4v) is 7.36. The van der Waals surface area contributed by atoms with Crippen molar-refractivity contribution in [3.63, 3.8) is 0 Å². The Morgan fingerprint density at radius 2 is 1.83 bits per heavy atom. The van der Waals surface area contributed by atoms with Crippen LogP contribution in [0.5, 0.6) is 0 Å². The summed E-state index contributed by atoms with van der Waals surface area (Å²) in [5, 5.41) is 8.67. The minimum Gasteiger partial charge on any atom is -0.314 e. The van der Waals surface area contributed by atoms with Crippen molar-refractivity contribution >= 4 is 10.0 Å². The molecule has 6 nitrogen and oxygen atoms in total. The first-order valence-corrected chi connectivity index (χ1v) is 12.5. The van der Waals surface area contributed by atoms with Crippen molar-refractivity contribution in [1.29, 1.82) is 0 Å². The zero-order valence-corrected chi connectivity index (χ0v) is 17.6. The van der Waals surface area contributed by atoms with E-state index in [0.29, 0.717) is 24.0 Å². The van der Waals surface area contributed by atoms with Gasteiger partial charge in [-0.15, -0.1) is 10.2 Å².